The van der Waals surface area contributed by atoms with E-state index in [1.807, 2.05) is 0 Å². The van der Waals surface area contributed by atoms with E-state index >= 15 is 0 Å². The molecule has 2 aromatic carbocycles. The van der Waals surface area contributed by atoms with Gasteiger partial charge in [-0.25, -0.2) is 9.37 Å². The van der Waals surface area contributed by atoms with Crippen LogP contribution in [0.25, 0.3) is 22.8 Å². The predicted molar refractivity (Wildman–Crippen MR) is 105 cm³/mol. The molecule has 1 aliphatic heterocycles. The van der Waals surface area contributed by atoms with Crippen molar-refractivity contribution in [2.45, 2.75) is 25.3 Å². The number of halogens is 1. The molecule has 0 bridgehead atoms. The second-order valence-electron chi connectivity index (χ2n) is 6.89. The summed E-state index contributed by atoms with van der Waals surface area (Å²) in [6.45, 7) is 0.629. The first-order chi connectivity index (χ1) is 14.1. The zero-order valence-corrected chi connectivity index (χ0v) is 15.7. The van der Waals surface area contributed by atoms with Crippen LogP contribution in [0.3, 0.4) is 0 Å². The van der Waals surface area contributed by atoms with Crippen molar-refractivity contribution in [2.24, 2.45) is 0 Å². The third kappa shape index (κ3) is 4.18. The van der Waals surface area contributed by atoms with Crippen molar-refractivity contribution in [2.75, 3.05) is 6.54 Å². The summed E-state index contributed by atoms with van der Waals surface area (Å²) >= 11 is 0. The van der Waals surface area contributed by atoms with E-state index in [0.29, 0.717) is 35.4 Å². The predicted octanol–water partition coefficient (Wildman–Crippen LogP) is 3.55. The van der Waals surface area contributed by atoms with Crippen LogP contribution in [0, 0.1) is 5.82 Å². The Labute approximate surface area is 167 Å². The van der Waals surface area contributed by atoms with Crippen LogP contribution in [-0.2, 0) is 4.79 Å². The molecule has 1 unspecified atom stereocenters. The summed E-state index contributed by atoms with van der Waals surface area (Å²) in [7, 11) is 0. The first kappa shape index (κ1) is 18.9. The molecule has 4 rings (SSSR count). The van der Waals surface area contributed by atoms with E-state index in [1.54, 1.807) is 36.4 Å². The second-order valence-corrected chi connectivity index (χ2v) is 6.89. The molecule has 0 saturated carbocycles. The summed E-state index contributed by atoms with van der Waals surface area (Å²) in [6, 6.07) is 12.3. The fourth-order valence-corrected chi connectivity index (χ4v) is 3.33. The van der Waals surface area contributed by atoms with Crippen molar-refractivity contribution >= 4 is 11.8 Å². The minimum atomic E-state index is -0.558. The fourth-order valence-electron chi connectivity index (χ4n) is 3.33. The Kier molecular flexibility index (Phi) is 5.37. The SMILES string of the molecule is O=C(NC1CCCCNC1=O)c1ccccc1-c1ncc(-c2ccc(F)cc2)o1. The molecular formula is C22H20FN3O3. The van der Waals surface area contributed by atoms with E-state index < -0.39 is 6.04 Å². The van der Waals surface area contributed by atoms with Gasteiger partial charge < -0.3 is 15.1 Å². The summed E-state index contributed by atoms with van der Waals surface area (Å²) in [5.74, 6) is -0.107. The van der Waals surface area contributed by atoms with Crippen LogP contribution in [0.1, 0.15) is 29.6 Å². The van der Waals surface area contributed by atoms with Gasteiger partial charge in [-0.2, -0.15) is 0 Å². The molecule has 2 amide bonds. The number of hydrogen-bond donors (Lipinski definition) is 2. The summed E-state index contributed by atoms with van der Waals surface area (Å²) in [5, 5.41) is 5.63. The van der Waals surface area contributed by atoms with Gasteiger partial charge in [0.1, 0.15) is 11.9 Å². The van der Waals surface area contributed by atoms with Gasteiger partial charge in [-0.15, -0.1) is 0 Å². The van der Waals surface area contributed by atoms with Crippen LogP contribution < -0.4 is 10.6 Å². The van der Waals surface area contributed by atoms with Gasteiger partial charge in [-0.1, -0.05) is 12.1 Å². The third-order valence-corrected chi connectivity index (χ3v) is 4.88. The number of carbonyl (C=O) groups is 2. The maximum Gasteiger partial charge on any atom is 0.252 e. The molecule has 2 heterocycles. The molecule has 0 aliphatic carbocycles. The van der Waals surface area contributed by atoms with Crippen molar-refractivity contribution in [3.63, 3.8) is 0 Å². The second kappa shape index (κ2) is 8.26. The lowest BCUT2D eigenvalue weighted by atomic mass is 10.1. The van der Waals surface area contributed by atoms with E-state index in [4.69, 9.17) is 4.42 Å². The quantitative estimate of drug-likeness (QED) is 0.710. The molecule has 6 nitrogen and oxygen atoms in total. The maximum atomic E-state index is 13.1. The van der Waals surface area contributed by atoms with Crippen molar-refractivity contribution in [1.29, 1.82) is 0 Å². The monoisotopic (exact) mass is 393 g/mol. The molecule has 1 aromatic heterocycles. The molecule has 1 aliphatic rings. The maximum absolute atomic E-state index is 13.1. The highest BCUT2D eigenvalue weighted by Crippen LogP contribution is 2.28. The Balaban J connectivity index is 1.59. The van der Waals surface area contributed by atoms with Gasteiger partial charge in [-0.05, 0) is 55.7 Å². The number of hydrogen-bond acceptors (Lipinski definition) is 4. The highest BCUT2D eigenvalue weighted by atomic mass is 19.1. The van der Waals surface area contributed by atoms with Crippen LogP contribution in [0.2, 0.25) is 0 Å². The third-order valence-electron chi connectivity index (χ3n) is 4.88. The molecule has 0 spiro atoms. The lowest BCUT2D eigenvalue weighted by Crippen LogP contribution is -2.45. The number of carbonyl (C=O) groups excluding carboxylic acids is 2. The lowest BCUT2D eigenvalue weighted by Gasteiger charge is -2.16. The van der Waals surface area contributed by atoms with E-state index in [9.17, 15) is 14.0 Å². The molecule has 7 heteroatoms. The Hall–Kier alpha value is -3.48. The number of nitrogens with one attached hydrogen (secondary N) is 2. The van der Waals surface area contributed by atoms with E-state index in [-0.39, 0.29) is 23.5 Å². The van der Waals surface area contributed by atoms with E-state index in [1.165, 1.54) is 18.3 Å². The van der Waals surface area contributed by atoms with Crippen molar-refractivity contribution < 1.29 is 18.4 Å². The summed E-state index contributed by atoms with van der Waals surface area (Å²) in [5.41, 5.74) is 1.58. The van der Waals surface area contributed by atoms with Crippen molar-refractivity contribution in [3.8, 4) is 22.8 Å². The van der Waals surface area contributed by atoms with Crippen LogP contribution >= 0.6 is 0 Å². The van der Waals surface area contributed by atoms with Crippen molar-refractivity contribution in [1.82, 2.24) is 15.6 Å². The minimum absolute atomic E-state index is 0.164. The number of nitrogens with zero attached hydrogens (tertiary/aromatic N) is 1. The Morgan fingerprint density at radius 1 is 1.14 bits per heavy atom. The Morgan fingerprint density at radius 2 is 1.93 bits per heavy atom. The van der Waals surface area contributed by atoms with Gasteiger partial charge in [0.2, 0.25) is 11.8 Å². The van der Waals surface area contributed by atoms with Gasteiger partial charge in [0.05, 0.1) is 11.8 Å². The fraction of sp³-hybridized carbons (Fsp3) is 0.227. The normalized spacial score (nSPS) is 16.7. The summed E-state index contributed by atoms with van der Waals surface area (Å²) in [4.78, 5) is 29.3. The molecule has 2 N–H and O–H groups in total. The number of rotatable bonds is 4. The molecule has 1 fully saturated rings. The first-order valence-electron chi connectivity index (χ1n) is 9.51. The van der Waals surface area contributed by atoms with E-state index in [0.717, 1.165) is 12.8 Å². The standard InChI is InChI=1S/C22H20FN3O3/c23-15-10-8-14(9-11-15)19-13-25-22(29-19)17-6-2-1-5-16(17)20(27)26-18-7-3-4-12-24-21(18)28/h1-2,5-6,8-11,13,18H,3-4,7,12H2,(H,24,28)(H,26,27). The number of benzene rings is 2. The first-order valence-corrected chi connectivity index (χ1v) is 9.51. The smallest absolute Gasteiger partial charge is 0.252 e. The number of amides is 2. The largest absolute Gasteiger partial charge is 0.436 e. The van der Waals surface area contributed by atoms with Gasteiger partial charge in [0, 0.05) is 17.7 Å². The summed E-state index contributed by atoms with van der Waals surface area (Å²) in [6.07, 6.45) is 3.91. The Bertz CT molecular complexity index is 1030. The van der Waals surface area contributed by atoms with Gasteiger partial charge in [-0.3, -0.25) is 9.59 Å². The van der Waals surface area contributed by atoms with Crippen LogP contribution in [0.15, 0.2) is 59.1 Å². The highest BCUT2D eigenvalue weighted by molar-refractivity contribution is 6.02. The zero-order chi connectivity index (χ0) is 20.2. The number of oxazole rings is 1. The average molecular weight is 393 g/mol. The molecule has 0 radical (unpaired) electrons. The molecule has 1 saturated heterocycles. The average Bonchev–Trinajstić information content (AvgIpc) is 3.14. The van der Waals surface area contributed by atoms with Crippen LogP contribution in [0.5, 0.6) is 0 Å². The van der Waals surface area contributed by atoms with Gasteiger partial charge in [0.15, 0.2) is 5.76 Å². The molecule has 3 aromatic rings. The van der Waals surface area contributed by atoms with E-state index in [2.05, 4.69) is 15.6 Å². The molecule has 29 heavy (non-hydrogen) atoms. The van der Waals surface area contributed by atoms with Crippen LogP contribution in [0.4, 0.5) is 4.39 Å². The summed E-state index contributed by atoms with van der Waals surface area (Å²) < 4.78 is 19.0. The van der Waals surface area contributed by atoms with Crippen molar-refractivity contribution in [3.05, 3.63) is 66.1 Å². The highest BCUT2D eigenvalue weighted by Gasteiger charge is 2.25. The van der Waals surface area contributed by atoms with Gasteiger partial charge >= 0.3 is 0 Å². The van der Waals surface area contributed by atoms with Gasteiger partial charge in [0.25, 0.3) is 5.91 Å². The minimum Gasteiger partial charge on any atom is -0.436 e. The molecule has 148 valence electrons. The molecule has 1 atom stereocenters. The lowest BCUT2D eigenvalue weighted by molar-refractivity contribution is -0.122. The topological polar surface area (TPSA) is 84.2 Å². The molecular weight excluding hydrogens is 373 g/mol. The zero-order valence-electron chi connectivity index (χ0n) is 15.7. The number of aromatic nitrogens is 1. The Morgan fingerprint density at radius 3 is 2.76 bits per heavy atom. The van der Waals surface area contributed by atoms with Crippen LogP contribution in [-0.4, -0.2) is 29.4 Å².